The number of rotatable bonds is 3. The zero-order valence-corrected chi connectivity index (χ0v) is 12.4. The van der Waals surface area contributed by atoms with Crippen molar-refractivity contribution >= 4 is 0 Å². The van der Waals surface area contributed by atoms with E-state index in [2.05, 4.69) is 29.6 Å². The molecule has 2 aliphatic rings. The van der Waals surface area contributed by atoms with E-state index in [9.17, 15) is 5.11 Å². The van der Waals surface area contributed by atoms with Gasteiger partial charge in [0.25, 0.3) is 0 Å². The van der Waals surface area contributed by atoms with Crippen molar-refractivity contribution in [1.82, 2.24) is 5.32 Å². The van der Waals surface area contributed by atoms with Gasteiger partial charge in [-0.1, -0.05) is 49.9 Å². The average molecular weight is 273 g/mol. The Kier molecular flexibility index (Phi) is 4.42. The molecule has 1 fully saturated rings. The first-order chi connectivity index (χ1) is 9.84. The van der Waals surface area contributed by atoms with Crippen molar-refractivity contribution in [3.8, 4) is 0 Å². The third-order valence-electron chi connectivity index (χ3n) is 5.19. The van der Waals surface area contributed by atoms with Gasteiger partial charge in [0.15, 0.2) is 0 Å². The molecule has 0 amide bonds. The van der Waals surface area contributed by atoms with E-state index in [0.717, 1.165) is 12.8 Å². The molecule has 1 aromatic rings. The summed E-state index contributed by atoms with van der Waals surface area (Å²) in [5.41, 5.74) is 2.59. The van der Waals surface area contributed by atoms with Crippen LogP contribution in [0, 0.1) is 0 Å². The Morgan fingerprint density at radius 3 is 2.65 bits per heavy atom. The Bertz CT molecular complexity index is 439. The number of fused-ring (bicyclic) bond motifs is 1. The van der Waals surface area contributed by atoms with E-state index in [1.807, 2.05) is 0 Å². The van der Waals surface area contributed by atoms with Crippen LogP contribution in [0.3, 0.4) is 0 Å². The fraction of sp³-hybridized carbons (Fsp3) is 0.667. The van der Waals surface area contributed by atoms with Gasteiger partial charge in [0.05, 0.1) is 12.1 Å². The lowest BCUT2D eigenvalue weighted by Crippen LogP contribution is -2.51. The summed E-state index contributed by atoms with van der Waals surface area (Å²) >= 11 is 0. The van der Waals surface area contributed by atoms with Crippen molar-refractivity contribution in [2.75, 3.05) is 6.61 Å². The van der Waals surface area contributed by atoms with Gasteiger partial charge in [-0.15, -0.1) is 0 Å². The lowest BCUT2D eigenvalue weighted by Gasteiger charge is -2.39. The number of aryl methyl sites for hydroxylation is 1. The second-order valence-corrected chi connectivity index (χ2v) is 6.58. The lowest BCUT2D eigenvalue weighted by atomic mass is 9.82. The lowest BCUT2D eigenvalue weighted by molar-refractivity contribution is 0.127. The molecule has 2 aliphatic carbocycles. The van der Waals surface area contributed by atoms with Gasteiger partial charge in [-0.3, -0.25) is 0 Å². The SMILES string of the molecule is OCC1(NC2CCCCC2)CCCCc2ccccc21. The summed E-state index contributed by atoms with van der Waals surface area (Å²) in [6.07, 6.45) is 11.2. The van der Waals surface area contributed by atoms with Gasteiger partial charge in [-0.25, -0.2) is 0 Å². The van der Waals surface area contributed by atoms with Gasteiger partial charge >= 0.3 is 0 Å². The summed E-state index contributed by atoms with van der Waals surface area (Å²) in [6.45, 7) is 0.223. The second-order valence-electron chi connectivity index (χ2n) is 6.58. The fourth-order valence-corrected chi connectivity index (χ4v) is 4.08. The van der Waals surface area contributed by atoms with Gasteiger partial charge in [0, 0.05) is 6.04 Å². The normalized spacial score (nSPS) is 27.9. The van der Waals surface area contributed by atoms with Crippen LogP contribution in [0.15, 0.2) is 24.3 Å². The second kappa shape index (κ2) is 6.28. The van der Waals surface area contributed by atoms with Crippen molar-refractivity contribution in [2.45, 2.75) is 69.4 Å². The molecule has 0 aliphatic heterocycles. The summed E-state index contributed by atoms with van der Waals surface area (Å²) in [5, 5.41) is 14.0. The fourth-order valence-electron chi connectivity index (χ4n) is 4.08. The zero-order valence-electron chi connectivity index (χ0n) is 12.4. The van der Waals surface area contributed by atoms with Crippen LogP contribution in [0.25, 0.3) is 0 Å². The third kappa shape index (κ3) is 2.77. The van der Waals surface area contributed by atoms with Gasteiger partial charge in [0.2, 0.25) is 0 Å². The highest BCUT2D eigenvalue weighted by Gasteiger charge is 2.36. The maximum absolute atomic E-state index is 10.2. The number of nitrogens with one attached hydrogen (secondary N) is 1. The van der Waals surface area contributed by atoms with Crippen LogP contribution >= 0.6 is 0 Å². The molecule has 1 atom stereocenters. The van der Waals surface area contributed by atoms with Crippen molar-refractivity contribution in [3.63, 3.8) is 0 Å². The molecule has 1 unspecified atom stereocenters. The molecule has 1 aromatic carbocycles. The van der Waals surface area contributed by atoms with Crippen molar-refractivity contribution in [1.29, 1.82) is 0 Å². The minimum Gasteiger partial charge on any atom is -0.394 e. The number of benzene rings is 1. The molecule has 2 nitrogen and oxygen atoms in total. The van der Waals surface area contributed by atoms with Crippen LogP contribution in [0.1, 0.15) is 62.5 Å². The van der Waals surface area contributed by atoms with Crippen molar-refractivity contribution in [3.05, 3.63) is 35.4 Å². The molecule has 0 spiro atoms. The first-order valence-corrected chi connectivity index (χ1v) is 8.31. The molecule has 110 valence electrons. The Labute approximate surface area is 122 Å². The minimum absolute atomic E-state index is 0.199. The van der Waals surface area contributed by atoms with Crippen molar-refractivity contribution in [2.24, 2.45) is 0 Å². The van der Waals surface area contributed by atoms with Crippen LogP contribution in [0.2, 0.25) is 0 Å². The maximum atomic E-state index is 10.2. The number of aliphatic hydroxyl groups excluding tert-OH is 1. The van der Waals surface area contributed by atoms with Gasteiger partial charge < -0.3 is 10.4 Å². The first kappa shape index (κ1) is 14.1. The number of aliphatic hydroxyl groups is 1. The predicted molar refractivity (Wildman–Crippen MR) is 82.8 cm³/mol. The minimum atomic E-state index is -0.199. The van der Waals surface area contributed by atoms with E-state index < -0.39 is 0 Å². The first-order valence-electron chi connectivity index (χ1n) is 8.31. The molecular formula is C18H27NO. The standard InChI is InChI=1S/C18H27NO/c20-14-18(19-16-10-2-1-3-11-16)13-7-6-9-15-8-4-5-12-17(15)18/h4-5,8,12,16,19-20H,1-3,6-7,9-11,13-14H2. The zero-order chi connectivity index (χ0) is 13.8. The van der Waals surface area contributed by atoms with E-state index in [4.69, 9.17) is 0 Å². The average Bonchev–Trinajstić information content (AvgIpc) is 2.69. The van der Waals surface area contributed by atoms with E-state index in [0.29, 0.717) is 6.04 Å². The maximum Gasteiger partial charge on any atom is 0.0673 e. The van der Waals surface area contributed by atoms with Gasteiger partial charge in [-0.05, 0) is 43.2 Å². The van der Waals surface area contributed by atoms with E-state index >= 15 is 0 Å². The molecule has 3 rings (SSSR count). The molecule has 0 heterocycles. The Balaban J connectivity index is 1.89. The van der Waals surface area contributed by atoms with Crippen LogP contribution in [-0.2, 0) is 12.0 Å². The van der Waals surface area contributed by atoms with Crippen LogP contribution in [-0.4, -0.2) is 17.8 Å². The van der Waals surface area contributed by atoms with E-state index in [1.165, 1.54) is 56.1 Å². The van der Waals surface area contributed by atoms with E-state index in [-0.39, 0.29) is 12.1 Å². The highest BCUT2D eigenvalue weighted by Crippen LogP contribution is 2.35. The quantitative estimate of drug-likeness (QED) is 0.826. The molecule has 0 aromatic heterocycles. The molecule has 0 bridgehead atoms. The van der Waals surface area contributed by atoms with Crippen molar-refractivity contribution < 1.29 is 5.11 Å². The summed E-state index contributed by atoms with van der Waals surface area (Å²) in [6, 6.07) is 9.31. The largest absolute Gasteiger partial charge is 0.394 e. The topological polar surface area (TPSA) is 32.3 Å². The molecule has 0 radical (unpaired) electrons. The smallest absolute Gasteiger partial charge is 0.0673 e. The highest BCUT2D eigenvalue weighted by atomic mass is 16.3. The molecular weight excluding hydrogens is 246 g/mol. The van der Waals surface area contributed by atoms with Crippen LogP contribution in [0.4, 0.5) is 0 Å². The van der Waals surface area contributed by atoms with Crippen LogP contribution in [0.5, 0.6) is 0 Å². The highest BCUT2D eigenvalue weighted by molar-refractivity contribution is 5.35. The summed E-state index contributed by atoms with van der Waals surface area (Å²) < 4.78 is 0. The number of hydrogen-bond acceptors (Lipinski definition) is 2. The van der Waals surface area contributed by atoms with E-state index in [1.54, 1.807) is 0 Å². The molecule has 0 saturated heterocycles. The third-order valence-corrected chi connectivity index (χ3v) is 5.19. The van der Waals surface area contributed by atoms with Gasteiger partial charge in [0.1, 0.15) is 0 Å². The Morgan fingerprint density at radius 1 is 1.05 bits per heavy atom. The molecule has 2 heteroatoms. The molecule has 1 saturated carbocycles. The summed E-state index contributed by atoms with van der Waals surface area (Å²) in [4.78, 5) is 0. The van der Waals surface area contributed by atoms with Gasteiger partial charge in [-0.2, -0.15) is 0 Å². The summed E-state index contributed by atoms with van der Waals surface area (Å²) in [7, 11) is 0. The Morgan fingerprint density at radius 2 is 1.85 bits per heavy atom. The van der Waals surface area contributed by atoms with Crippen LogP contribution < -0.4 is 5.32 Å². The predicted octanol–water partition coefficient (Wildman–Crippen LogP) is 3.52. The molecule has 2 N–H and O–H groups in total. The summed E-state index contributed by atoms with van der Waals surface area (Å²) in [5.74, 6) is 0. The number of hydrogen-bond donors (Lipinski definition) is 2. The Hall–Kier alpha value is -0.860. The monoisotopic (exact) mass is 273 g/mol. The molecule has 20 heavy (non-hydrogen) atoms.